The molecule has 0 aliphatic heterocycles. The van der Waals surface area contributed by atoms with Gasteiger partial charge in [0.1, 0.15) is 5.56 Å². The first-order chi connectivity index (χ1) is 12.7. The lowest BCUT2D eigenvalue weighted by atomic mass is 9.86. The van der Waals surface area contributed by atoms with Crippen molar-refractivity contribution < 1.29 is 9.18 Å². The molecular weight excluding hydrogens is 341 g/mol. The second kappa shape index (κ2) is 6.99. The van der Waals surface area contributed by atoms with Gasteiger partial charge in [0.2, 0.25) is 5.95 Å². The molecule has 1 N–H and O–H groups in total. The van der Waals surface area contributed by atoms with E-state index < -0.39 is 11.9 Å². The summed E-state index contributed by atoms with van der Waals surface area (Å²) in [4.78, 5) is 12.6. The average molecular weight is 365 g/mol. The van der Waals surface area contributed by atoms with Crippen molar-refractivity contribution in [2.45, 2.75) is 33.1 Å². The molecule has 0 saturated carbocycles. The van der Waals surface area contributed by atoms with Gasteiger partial charge in [-0.25, -0.2) is 4.68 Å². The lowest BCUT2D eigenvalue weighted by Crippen LogP contribution is -2.15. The van der Waals surface area contributed by atoms with Gasteiger partial charge in [0.25, 0.3) is 5.91 Å². The van der Waals surface area contributed by atoms with E-state index in [0.717, 1.165) is 15.8 Å². The quantitative estimate of drug-likeness (QED) is 0.703. The second-order valence-corrected chi connectivity index (χ2v) is 7.70. The minimum Gasteiger partial charge on any atom is -0.321 e. The predicted molar refractivity (Wildman–Crippen MR) is 106 cm³/mol. The molecule has 140 valence electrons. The number of para-hydroxylation sites is 1. The molecule has 4 nitrogen and oxygen atoms in total. The van der Waals surface area contributed by atoms with E-state index >= 15 is 0 Å². The molecule has 3 aromatic rings. The van der Waals surface area contributed by atoms with E-state index in [-0.39, 0.29) is 11.0 Å². The van der Waals surface area contributed by atoms with E-state index in [0.29, 0.717) is 11.4 Å². The van der Waals surface area contributed by atoms with Gasteiger partial charge in [0.05, 0.1) is 5.69 Å². The number of rotatable bonds is 3. The maximum absolute atomic E-state index is 14.2. The minimum atomic E-state index is -0.642. The van der Waals surface area contributed by atoms with E-state index in [9.17, 15) is 9.18 Å². The lowest BCUT2D eigenvalue weighted by Gasteiger charge is -2.19. The zero-order valence-corrected chi connectivity index (χ0v) is 16.3. The van der Waals surface area contributed by atoms with Crippen LogP contribution in [0.2, 0.25) is 0 Å². The smallest absolute Gasteiger partial charge is 0.262 e. The monoisotopic (exact) mass is 365 g/mol. The Kier molecular flexibility index (Phi) is 4.87. The van der Waals surface area contributed by atoms with Gasteiger partial charge in [0, 0.05) is 18.3 Å². The third-order valence-corrected chi connectivity index (χ3v) is 4.62. The van der Waals surface area contributed by atoms with Crippen LogP contribution in [0.4, 0.5) is 10.1 Å². The summed E-state index contributed by atoms with van der Waals surface area (Å²) in [6.07, 6.45) is 0. The molecule has 0 unspecified atom stereocenters. The summed E-state index contributed by atoms with van der Waals surface area (Å²) in [6, 6.07) is 15.8. The van der Waals surface area contributed by atoms with Crippen LogP contribution in [0, 0.1) is 12.9 Å². The van der Waals surface area contributed by atoms with Gasteiger partial charge in [-0.05, 0) is 29.5 Å². The summed E-state index contributed by atoms with van der Waals surface area (Å²) < 4.78 is 15.3. The van der Waals surface area contributed by atoms with E-state index in [1.54, 1.807) is 6.92 Å². The number of benzene rings is 2. The van der Waals surface area contributed by atoms with Crippen molar-refractivity contribution in [3.63, 3.8) is 0 Å². The normalized spacial score (nSPS) is 11.5. The van der Waals surface area contributed by atoms with Crippen LogP contribution in [0.3, 0.4) is 0 Å². The number of aromatic nitrogens is 2. The van der Waals surface area contributed by atoms with Crippen LogP contribution < -0.4 is 5.32 Å². The van der Waals surface area contributed by atoms with Crippen molar-refractivity contribution in [3.8, 4) is 11.1 Å². The molecule has 0 bridgehead atoms. The Hall–Kier alpha value is -2.95. The molecule has 27 heavy (non-hydrogen) atoms. The molecule has 1 aromatic heterocycles. The number of hydrogen-bond donors (Lipinski definition) is 1. The van der Waals surface area contributed by atoms with Gasteiger partial charge in [0.15, 0.2) is 0 Å². The maximum atomic E-state index is 14.2. The number of anilines is 1. The molecule has 0 aliphatic rings. The zero-order valence-electron chi connectivity index (χ0n) is 16.3. The Morgan fingerprint density at radius 1 is 1.07 bits per heavy atom. The molecular formula is C22H24FN3O. The van der Waals surface area contributed by atoms with Crippen LogP contribution in [0.15, 0.2) is 48.5 Å². The van der Waals surface area contributed by atoms with Crippen molar-refractivity contribution in [2.24, 2.45) is 7.05 Å². The third-order valence-electron chi connectivity index (χ3n) is 4.62. The fraction of sp³-hybridized carbons (Fsp3) is 0.273. The van der Waals surface area contributed by atoms with Gasteiger partial charge in [-0.15, -0.1) is 0 Å². The molecule has 5 heteroatoms. The highest BCUT2D eigenvalue weighted by Crippen LogP contribution is 2.31. The van der Waals surface area contributed by atoms with Crippen LogP contribution in [-0.4, -0.2) is 15.7 Å². The third kappa shape index (κ3) is 3.77. The van der Waals surface area contributed by atoms with Crippen molar-refractivity contribution in [1.82, 2.24) is 9.78 Å². The van der Waals surface area contributed by atoms with Crippen molar-refractivity contribution in [1.29, 1.82) is 0 Å². The number of hydrogen-bond acceptors (Lipinski definition) is 2. The molecule has 0 atom stereocenters. The maximum Gasteiger partial charge on any atom is 0.262 e. The standard InChI is InChI=1S/C22H24FN3O/c1-14-19(20(23)26(5)25-14)21(27)24-18-9-7-6-8-17(18)15-10-12-16(13-11-15)22(2,3)4/h6-13H,1-5H3,(H,24,27). The summed E-state index contributed by atoms with van der Waals surface area (Å²) in [5.41, 5.74) is 4.14. The van der Waals surface area contributed by atoms with E-state index in [1.165, 1.54) is 12.6 Å². The molecule has 0 saturated heterocycles. The number of amides is 1. The summed E-state index contributed by atoms with van der Waals surface area (Å²) in [7, 11) is 1.48. The van der Waals surface area contributed by atoms with Gasteiger partial charge in [-0.2, -0.15) is 9.49 Å². The van der Waals surface area contributed by atoms with Crippen LogP contribution in [-0.2, 0) is 12.5 Å². The Balaban J connectivity index is 1.94. The van der Waals surface area contributed by atoms with Gasteiger partial charge < -0.3 is 5.32 Å². The topological polar surface area (TPSA) is 46.9 Å². The number of nitrogens with zero attached hydrogens (tertiary/aromatic N) is 2. The Morgan fingerprint density at radius 3 is 2.26 bits per heavy atom. The van der Waals surface area contributed by atoms with Crippen molar-refractivity contribution in [2.75, 3.05) is 5.32 Å². The molecule has 0 aliphatic carbocycles. The van der Waals surface area contributed by atoms with Crippen LogP contribution in [0.25, 0.3) is 11.1 Å². The molecule has 1 heterocycles. The Labute approximate surface area is 159 Å². The number of carbonyl (C=O) groups is 1. The van der Waals surface area contributed by atoms with Gasteiger partial charge in [-0.1, -0.05) is 63.2 Å². The van der Waals surface area contributed by atoms with E-state index in [4.69, 9.17) is 0 Å². The number of carbonyl (C=O) groups excluding carboxylic acids is 1. The number of aryl methyl sites for hydroxylation is 2. The van der Waals surface area contributed by atoms with Crippen LogP contribution in [0.5, 0.6) is 0 Å². The molecule has 0 fully saturated rings. The van der Waals surface area contributed by atoms with E-state index in [1.807, 2.05) is 36.4 Å². The van der Waals surface area contributed by atoms with Crippen molar-refractivity contribution >= 4 is 11.6 Å². The van der Waals surface area contributed by atoms with Crippen LogP contribution in [0.1, 0.15) is 42.4 Å². The number of halogens is 1. The molecule has 3 rings (SSSR count). The fourth-order valence-corrected chi connectivity index (χ4v) is 3.07. The first-order valence-corrected chi connectivity index (χ1v) is 8.89. The molecule has 0 spiro atoms. The second-order valence-electron chi connectivity index (χ2n) is 7.70. The first kappa shape index (κ1) is 18.8. The minimum absolute atomic E-state index is 0.0321. The average Bonchev–Trinajstić information content (AvgIpc) is 2.87. The van der Waals surface area contributed by atoms with Crippen molar-refractivity contribution in [3.05, 3.63) is 71.3 Å². The SMILES string of the molecule is Cc1nn(C)c(F)c1C(=O)Nc1ccccc1-c1ccc(C(C)(C)C)cc1. The zero-order chi connectivity index (χ0) is 19.8. The summed E-state index contributed by atoms with van der Waals surface area (Å²) in [5.74, 6) is -1.14. The number of nitrogens with one attached hydrogen (secondary N) is 1. The highest BCUT2D eigenvalue weighted by molar-refractivity contribution is 6.07. The molecule has 2 aromatic carbocycles. The Bertz CT molecular complexity index is 982. The summed E-state index contributed by atoms with van der Waals surface area (Å²) in [5, 5.41) is 6.80. The predicted octanol–water partition coefficient (Wildman–Crippen LogP) is 5.08. The lowest BCUT2D eigenvalue weighted by molar-refractivity contribution is 0.102. The Morgan fingerprint density at radius 2 is 1.70 bits per heavy atom. The first-order valence-electron chi connectivity index (χ1n) is 8.89. The highest BCUT2D eigenvalue weighted by atomic mass is 19.1. The van der Waals surface area contributed by atoms with Crippen LogP contribution >= 0.6 is 0 Å². The fourth-order valence-electron chi connectivity index (χ4n) is 3.07. The largest absolute Gasteiger partial charge is 0.321 e. The summed E-state index contributed by atoms with van der Waals surface area (Å²) in [6.45, 7) is 8.12. The highest BCUT2D eigenvalue weighted by Gasteiger charge is 2.21. The van der Waals surface area contributed by atoms with Gasteiger partial charge in [-0.3, -0.25) is 4.79 Å². The molecule has 0 radical (unpaired) electrons. The van der Waals surface area contributed by atoms with E-state index in [2.05, 4.69) is 43.3 Å². The van der Waals surface area contributed by atoms with Gasteiger partial charge >= 0.3 is 0 Å². The molecule has 1 amide bonds. The summed E-state index contributed by atoms with van der Waals surface area (Å²) >= 11 is 0.